The normalized spacial score (nSPS) is 12.6. The fraction of sp³-hybridized carbons (Fsp3) is 0.231. The Kier molecular flexibility index (Phi) is 4.41. The van der Waals surface area contributed by atoms with Gasteiger partial charge in [-0.15, -0.1) is 0 Å². The number of nitrogens with one attached hydrogen (secondary N) is 1. The first-order chi connectivity index (χ1) is 8.66. The molecule has 0 saturated heterocycles. The van der Waals surface area contributed by atoms with Crippen LogP contribution in [0.15, 0.2) is 45.5 Å². The van der Waals surface area contributed by atoms with E-state index in [-0.39, 0.29) is 5.75 Å². The van der Waals surface area contributed by atoms with Gasteiger partial charge in [0, 0.05) is 23.1 Å². The van der Waals surface area contributed by atoms with Gasteiger partial charge in [-0.25, -0.2) is 0 Å². The number of phenols is 1. The van der Waals surface area contributed by atoms with Gasteiger partial charge in [-0.3, -0.25) is 0 Å². The second-order valence-corrected chi connectivity index (χ2v) is 4.85. The molecule has 0 radical (unpaired) electrons. The van der Waals surface area contributed by atoms with E-state index < -0.39 is 6.10 Å². The molecule has 1 atom stereocenters. The molecule has 0 saturated carbocycles. The third kappa shape index (κ3) is 3.35. The van der Waals surface area contributed by atoms with Gasteiger partial charge in [-0.05, 0) is 30.3 Å². The van der Waals surface area contributed by atoms with Gasteiger partial charge in [0.05, 0.1) is 6.26 Å². The van der Waals surface area contributed by atoms with E-state index in [0.717, 1.165) is 10.0 Å². The number of hydrogen-bond acceptors (Lipinski definition) is 4. The van der Waals surface area contributed by atoms with E-state index in [1.807, 2.05) is 6.07 Å². The molecule has 18 heavy (non-hydrogen) atoms. The zero-order valence-electron chi connectivity index (χ0n) is 9.64. The van der Waals surface area contributed by atoms with Crippen molar-refractivity contribution in [2.75, 3.05) is 6.54 Å². The lowest BCUT2D eigenvalue weighted by Gasteiger charge is -2.10. The van der Waals surface area contributed by atoms with E-state index in [2.05, 4.69) is 21.2 Å². The predicted octanol–water partition coefficient (Wildman–Crippen LogP) is 2.57. The summed E-state index contributed by atoms with van der Waals surface area (Å²) in [7, 11) is 0. The van der Waals surface area contributed by atoms with Crippen molar-refractivity contribution >= 4 is 15.9 Å². The van der Waals surface area contributed by atoms with Crippen molar-refractivity contribution < 1.29 is 14.6 Å². The molecule has 0 aliphatic carbocycles. The van der Waals surface area contributed by atoms with Crippen molar-refractivity contribution in [1.82, 2.24) is 5.32 Å². The summed E-state index contributed by atoms with van der Waals surface area (Å²) in [5, 5.41) is 22.5. The molecule has 1 heterocycles. The first kappa shape index (κ1) is 13.1. The van der Waals surface area contributed by atoms with Gasteiger partial charge in [0.2, 0.25) is 0 Å². The molecule has 1 aromatic heterocycles. The second-order valence-electron chi connectivity index (χ2n) is 3.94. The van der Waals surface area contributed by atoms with Crippen LogP contribution >= 0.6 is 15.9 Å². The van der Waals surface area contributed by atoms with Crippen LogP contribution < -0.4 is 5.32 Å². The second kappa shape index (κ2) is 6.04. The van der Waals surface area contributed by atoms with Gasteiger partial charge in [0.1, 0.15) is 17.6 Å². The minimum absolute atomic E-state index is 0.234. The molecule has 3 N–H and O–H groups in total. The summed E-state index contributed by atoms with van der Waals surface area (Å²) in [6, 6.07) is 8.70. The van der Waals surface area contributed by atoms with Crippen LogP contribution in [0.5, 0.6) is 5.75 Å². The summed E-state index contributed by atoms with van der Waals surface area (Å²) in [5.41, 5.74) is 0.774. The van der Waals surface area contributed by atoms with Crippen LogP contribution in [-0.2, 0) is 6.54 Å². The van der Waals surface area contributed by atoms with Crippen LogP contribution in [0.4, 0.5) is 0 Å². The van der Waals surface area contributed by atoms with Gasteiger partial charge in [-0.2, -0.15) is 0 Å². The lowest BCUT2D eigenvalue weighted by atomic mass is 10.2. The van der Waals surface area contributed by atoms with E-state index in [9.17, 15) is 10.2 Å². The zero-order valence-corrected chi connectivity index (χ0v) is 11.2. The molecule has 0 aliphatic rings. The van der Waals surface area contributed by atoms with Crippen LogP contribution in [0, 0.1) is 0 Å². The first-order valence-corrected chi connectivity index (χ1v) is 6.35. The van der Waals surface area contributed by atoms with Crippen LogP contribution in [0.1, 0.15) is 17.4 Å². The van der Waals surface area contributed by atoms with Gasteiger partial charge >= 0.3 is 0 Å². The van der Waals surface area contributed by atoms with E-state index in [0.29, 0.717) is 18.8 Å². The van der Waals surface area contributed by atoms with Crippen molar-refractivity contribution in [3.8, 4) is 5.75 Å². The number of aromatic hydroxyl groups is 1. The predicted molar refractivity (Wildman–Crippen MR) is 71.2 cm³/mol. The fourth-order valence-electron chi connectivity index (χ4n) is 1.62. The Morgan fingerprint density at radius 2 is 2.17 bits per heavy atom. The van der Waals surface area contributed by atoms with Crippen LogP contribution in [-0.4, -0.2) is 16.8 Å². The quantitative estimate of drug-likeness (QED) is 0.794. The van der Waals surface area contributed by atoms with E-state index in [4.69, 9.17) is 4.42 Å². The number of benzene rings is 1. The molecular formula is C13H14BrNO3. The molecule has 2 rings (SSSR count). The largest absolute Gasteiger partial charge is 0.508 e. The number of rotatable bonds is 5. The summed E-state index contributed by atoms with van der Waals surface area (Å²) < 4.78 is 6.00. The highest BCUT2D eigenvalue weighted by Gasteiger charge is 2.10. The lowest BCUT2D eigenvalue weighted by molar-refractivity contribution is 0.147. The first-order valence-electron chi connectivity index (χ1n) is 5.56. The summed E-state index contributed by atoms with van der Waals surface area (Å²) in [5.74, 6) is 0.763. The van der Waals surface area contributed by atoms with Gasteiger partial charge in [-0.1, -0.05) is 15.9 Å². The van der Waals surface area contributed by atoms with E-state index >= 15 is 0 Å². The maximum absolute atomic E-state index is 9.78. The van der Waals surface area contributed by atoms with E-state index in [1.165, 1.54) is 6.26 Å². The summed E-state index contributed by atoms with van der Waals surface area (Å²) >= 11 is 3.35. The van der Waals surface area contributed by atoms with Crippen LogP contribution in [0.25, 0.3) is 0 Å². The van der Waals surface area contributed by atoms with Crippen molar-refractivity contribution in [2.45, 2.75) is 12.6 Å². The molecule has 0 fully saturated rings. The summed E-state index contributed by atoms with van der Waals surface area (Å²) in [4.78, 5) is 0. The number of aliphatic hydroxyl groups excluding tert-OH is 1. The molecule has 2 aromatic rings. The zero-order chi connectivity index (χ0) is 13.0. The average molecular weight is 312 g/mol. The number of furan rings is 1. The topological polar surface area (TPSA) is 65.6 Å². The molecule has 1 unspecified atom stereocenters. The molecule has 0 bridgehead atoms. The van der Waals surface area contributed by atoms with Gasteiger partial charge in [0.15, 0.2) is 0 Å². The minimum atomic E-state index is -0.686. The Labute approximate surface area is 113 Å². The molecule has 1 aromatic carbocycles. The molecular weight excluding hydrogens is 298 g/mol. The Morgan fingerprint density at radius 1 is 1.33 bits per heavy atom. The molecule has 5 heteroatoms. The maximum atomic E-state index is 9.78. The van der Waals surface area contributed by atoms with Crippen molar-refractivity contribution in [3.05, 3.63) is 52.4 Å². The van der Waals surface area contributed by atoms with Gasteiger partial charge < -0.3 is 19.9 Å². The van der Waals surface area contributed by atoms with Crippen LogP contribution in [0.2, 0.25) is 0 Å². The van der Waals surface area contributed by atoms with Crippen molar-refractivity contribution in [1.29, 1.82) is 0 Å². The molecule has 96 valence electrons. The monoisotopic (exact) mass is 311 g/mol. The Balaban J connectivity index is 1.87. The highest BCUT2D eigenvalue weighted by molar-refractivity contribution is 9.10. The molecule has 0 spiro atoms. The Hall–Kier alpha value is -1.30. The lowest BCUT2D eigenvalue weighted by Crippen LogP contribution is -2.20. The minimum Gasteiger partial charge on any atom is -0.508 e. The van der Waals surface area contributed by atoms with E-state index in [1.54, 1.807) is 24.3 Å². The Bertz CT molecular complexity index is 499. The number of hydrogen-bond donors (Lipinski definition) is 3. The average Bonchev–Trinajstić information content (AvgIpc) is 2.87. The summed E-state index contributed by atoms with van der Waals surface area (Å²) in [6.07, 6.45) is 0.841. The summed E-state index contributed by atoms with van der Waals surface area (Å²) in [6.45, 7) is 0.836. The Morgan fingerprint density at radius 3 is 2.89 bits per heavy atom. The standard InChI is InChI=1S/C13H14BrNO3/c14-10-3-4-11(16)9(6-10)7-15-8-12(17)13-2-1-5-18-13/h1-6,12,15-17H,7-8H2. The highest BCUT2D eigenvalue weighted by atomic mass is 79.9. The van der Waals surface area contributed by atoms with Crippen LogP contribution in [0.3, 0.4) is 0 Å². The molecule has 0 aliphatic heterocycles. The number of phenolic OH excluding ortho intramolecular Hbond substituents is 1. The third-order valence-corrected chi connectivity index (χ3v) is 3.06. The number of halogens is 1. The molecule has 4 nitrogen and oxygen atoms in total. The number of aliphatic hydroxyl groups is 1. The van der Waals surface area contributed by atoms with Gasteiger partial charge in [0.25, 0.3) is 0 Å². The van der Waals surface area contributed by atoms with Crippen molar-refractivity contribution in [2.24, 2.45) is 0 Å². The van der Waals surface area contributed by atoms with Crippen molar-refractivity contribution in [3.63, 3.8) is 0 Å². The smallest absolute Gasteiger partial charge is 0.133 e. The fourth-order valence-corrected chi connectivity index (χ4v) is 2.03. The highest BCUT2D eigenvalue weighted by Crippen LogP contribution is 2.21. The maximum Gasteiger partial charge on any atom is 0.133 e. The third-order valence-electron chi connectivity index (χ3n) is 2.57. The SMILES string of the molecule is Oc1ccc(Br)cc1CNCC(O)c1ccco1. The molecule has 0 amide bonds.